The number of nitrogens with zero attached hydrogens (tertiary/aromatic N) is 1. The number of hydrogen-bond donors (Lipinski definition) is 1. The number of anilines is 1. The van der Waals surface area contributed by atoms with Gasteiger partial charge in [-0.2, -0.15) is 0 Å². The van der Waals surface area contributed by atoms with Gasteiger partial charge in [-0.25, -0.2) is 0 Å². The van der Waals surface area contributed by atoms with Crippen LogP contribution >= 0.6 is 0 Å². The molecule has 0 spiro atoms. The van der Waals surface area contributed by atoms with E-state index in [9.17, 15) is 9.59 Å². The largest absolute Gasteiger partial charge is 0.382 e. The summed E-state index contributed by atoms with van der Waals surface area (Å²) in [5.74, 6) is 0.105. The second-order valence-electron chi connectivity index (χ2n) is 6.88. The minimum absolute atomic E-state index is 0.0641. The maximum atomic E-state index is 12.2. The summed E-state index contributed by atoms with van der Waals surface area (Å²) in [6.07, 6.45) is 2.22. The molecule has 28 heavy (non-hydrogen) atoms. The first kappa shape index (κ1) is 20.1. The van der Waals surface area contributed by atoms with Crippen LogP contribution < -0.4 is 10.2 Å². The molecule has 0 fully saturated rings. The SMILES string of the molecule is CCOCCCNC(=O)c1ccc(-c2ccc3c(c2)CCN3C(=O)CC)cc1. The topological polar surface area (TPSA) is 58.6 Å². The predicted octanol–water partition coefficient (Wildman–Crippen LogP) is 3.81. The highest BCUT2D eigenvalue weighted by Gasteiger charge is 2.23. The van der Waals surface area contributed by atoms with Gasteiger partial charge in [-0.3, -0.25) is 9.59 Å². The second-order valence-corrected chi connectivity index (χ2v) is 6.88. The maximum Gasteiger partial charge on any atom is 0.251 e. The van der Waals surface area contributed by atoms with Gasteiger partial charge in [0.2, 0.25) is 5.91 Å². The maximum absolute atomic E-state index is 12.2. The molecule has 1 N–H and O–H groups in total. The third kappa shape index (κ3) is 4.60. The Kier molecular flexibility index (Phi) is 6.82. The zero-order chi connectivity index (χ0) is 19.9. The van der Waals surface area contributed by atoms with E-state index < -0.39 is 0 Å². The second kappa shape index (κ2) is 9.51. The van der Waals surface area contributed by atoms with Crippen LogP contribution in [0, 0.1) is 0 Å². The Morgan fingerprint density at radius 1 is 1.07 bits per heavy atom. The van der Waals surface area contributed by atoms with Crippen molar-refractivity contribution in [3.05, 3.63) is 53.6 Å². The zero-order valence-corrected chi connectivity index (χ0v) is 16.7. The van der Waals surface area contributed by atoms with E-state index in [4.69, 9.17) is 4.74 Å². The quantitative estimate of drug-likeness (QED) is 0.709. The van der Waals surface area contributed by atoms with Gasteiger partial charge in [0.1, 0.15) is 0 Å². The van der Waals surface area contributed by atoms with Gasteiger partial charge in [0.25, 0.3) is 5.91 Å². The van der Waals surface area contributed by atoms with Crippen LogP contribution in [-0.4, -0.2) is 38.1 Å². The molecule has 0 atom stereocenters. The summed E-state index contributed by atoms with van der Waals surface area (Å²) in [7, 11) is 0. The number of hydrogen-bond acceptors (Lipinski definition) is 3. The zero-order valence-electron chi connectivity index (χ0n) is 16.7. The molecule has 0 bridgehead atoms. The van der Waals surface area contributed by atoms with Crippen molar-refractivity contribution >= 4 is 17.5 Å². The lowest BCUT2D eigenvalue weighted by Gasteiger charge is -2.16. The number of nitrogens with one attached hydrogen (secondary N) is 1. The lowest BCUT2D eigenvalue weighted by atomic mass is 10.0. The molecule has 0 unspecified atom stereocenters. The highest BCUT2D eigenvalue weighted by molar-refractivity contribution is 5.96. The molecule has 5 heteroatoms. The smallest absolute Gasteiger partial charge is 0.251 e. The molecule has 1 heterocycles. The van der Waals surface area contributed by atoms with E-state index in [1.165, 1.54) is 5.56 Å². The van der Waals surface area contributed by atoms with Crippen molar-refractivity contribution in [1.82, 2.24) is 5.32 Å². The molecule has 1 aliphatic heterocycles. The van der Waals surface area contributed by atoms with Crippen LogP contribution in [-0.2, 0) is 16.0 Å². The first-order chi connectivity index (χ1) is 13.6. The number of benzene rings is 2. The molecular formula is C23H28N2O3. The lowest BCUT2D eigenvalue weighted by Crippen LogP contribution is -2.27. The van der Waals surface area contributed by atoms with Crippen molar-refractivity contribution in [1.29, 1.82) is 0 Å². The van der Waals surface area contributed by atoms with Crippen molar-refractivity contribution in [2.45, 2.75) is 33.1 Å². The third-order valence-electron chi connectivity index (χ3n) is 5.01. The third-order valence-corrected chi connectivity index (χ3v) is 5.01. The van der Waals surface area contributed by atoms with E-state index in [0.29, 0.717) is 31.7 Å². The molecule has 2 amide bonds. The molecule has 0 aromatic heterocycles. The van der Waals surface area contributed by atoms with E-state index >= 15 is 0 Å². The number of carbonyl (C=O) groups excluding carboxylic acids is 2. The normalized spacial score (nSPS) is 12.7. The Balaban J connectivity index is 1.64. The molecule has 148 valence electrons. The molecule has 5 nitrogen and oxygen atoms in total. The van der Waals surface area contributed by atoms with Crippen molar-refractivity contribution < 1.29 is 14.3 Å². The Bertz CT molecular complexity index is 830. The van der Waals surface area contributed by atoms with Crippen LogP contribution in [0.15, 0.2) is 42.5 Å². The fourth-order valence-electron chi connectivity index (χ4n) is 3.47. The number of ether oxygens (including phenoxy) is 1. The molecule has 0 aliphatic carbocycles. The molecule has 3 rings (SSSR count). The summed E-state index contributed by atoms with van der Waals surface area (Å²) in [5.41, 5.74) is 5.05. The van der Waals surface area contributed by atoms with E-state index in [-0.39, 0.29) is 11.8 Å². The van der Waals surface area contributed by atoms with Crippen LogP contribution in [0.2, 0.25) is 0 Å². The molecule has 0 radical (unpaired) electrons. The average Bonchev–Trinajstić information content (AvgIpc) is 3.16. The fourth-order valence-corrected chi connectivity index (χ4v) is 3.47. The average molecular weight is 380 g/mol. The van der Waals surface area contributed by atoms with Gasteiger partial charge in [-0.1, -0.05) is 25.1 Å². The summed E-state index contributed by atoms with van der Waals surface area (Å²) in [4.78, 5) is 26.1. The summed E-state index contributed by atoms with van der Waals surface area (Å²) >= 11 is 0. The Labute approximate surface area is 166 Å². The van der Waals surface area contributed by atoms with Crippen LogP contribution in [0.1, 0.15) is 42.6 Å². The van der Waals surface area contributed by atoms with Gasteiger partial charge in [0, 0.05) is 44.0 Å². The van der Waals surface area contributed by atoms with Crippen LogP contribution in [0.3, 0.4) is 0 Å². The number of carbonyl (C=O) groups is 2. The number of amides is 2. The standard InChI is InChI=1S/C23H28N2O3/c1-3-22(26)25-14-12-20-16-19(10-11-21(20)25)17-6-8-18(9-7-17)23(27)24-13-5-15-28-4-2/h6-11,16H,3-5,12-15H2,1-2H3,(H,24,27). The van der Waals surface area contributed by atoms with Gasteiger partial charge >= 0.3 is 0 Å². The molecule has 1 aliphatic rings. The molecule has 2 aromatic rings. The molecule has 0 saturated carbocycles. The highest BCUT2D eigenvalue weighted by atomic mass is 16.5. The first-order valence-corrected chi connectivity index (χ1v) is 10.0. The van der Waals surface area contributed by atoms with Gasteiger partial charge in [0.15, 0.2) is 0 Å². The summed E-state index contributed by atoms with van der Waals surface area (Å²) < 4.78 is 5.27. The molecule has 0 saturated heterocycles. The van der Waals surface area contributed by atoms with Crippen molar-refractivity contribution in [3.8, 4) is 11.1 Å². The van der Waals surface area contributed by atoms with E-state index in [0.717, 1.165) is 36.2 Å². The Morgan fingerprint density at radius 3 is 2.54 bits per heavy atom. The highest BCUT2D eigenvalue weighted by Crippen LogP contribution is 2.32. The number of rotatable bonds is 8. The van der Waals surface area contributed by atoms with E-state index in [2.05, 4.69) is 11.4 Å². The monoisotopic (exact) mass is 380 g/mol. The predicted molar refractivity (Wildman–Crippen MR) is 112 cm³/mol. The fraction of sp³-hybridized carbons (Fsp3) is 0.391. The van der Waals surface area contributed by atoms with Gasteiger partial charge < -0.3 is 15.0 Å². The van der Waals surface area contributed by atoms with Crippen molar-refractivity contribution in [3.63, 3.8) is 0 Å². The van der Waals surface area contributed by atoms with Crippen molar-refractivity contribution in [2.75, 3.05) is 31.2 Å². The Hall–Kier alpha value is -2.66. The summed E-state index contributed by atoms with van der Waals surface area (Å²) in [5, 5.41) is 2.92. The van der Waals surface area contributed by atoms with Crippen LogP contribution in [0.25, 0.3) is 11.1 Å². The Morgan fingerprint density at radius 2 is 1.82 bits per heavy atom. The van der Waals surface area contributed by atoms with Crippen molar-refractivity contribution in [2.24, 2.45) is 0 Å². The number of fused-ring (bicyclic) bond motifs is 1. The van der Waals surface area contributed by atoms with Crippen LogP contribution in [0.5, 0.6) is 0 Å². The van der Waals surface area contributed by atoms with Gasteiger partial charge in [-0.05, 0) is 60.7 Å². The summed E-state index contributed by atoms with van der Waals surface area (Å²) in [6, 6.07) is 13.9. The molecule has 2 aromatic carbocycles. The summed E-state index contributed by atoms with van der Waals surface area (Å²) in [6.45, 7) is 6.58. The molecular weight excluding hydrogens is 352 g/mol. The van der Waals surface area contributed by atoms with Crippen LogP contribution in [0.4, 0.5) is 5.69 Å². The van der Waals surface area contributed by atoms with Gasteiger partial charge in [-0.15, -0.1) is 0 Å². The lowest BCUT2D eigenvalue weighted by molar-refractivity contribution is -0.118. The van der Waals surface area contributed by atoms with Gasteiger partial charge in [0.05, 0.1) is 0 Å². The minimum atomic E-state index is -0.0641. The van der Waals surface area contributed by atoms with E-state index in [1.807, 2.05) is 55.1 Å². The minimum Gasteiger partial charge on any atom is -0.382 e. The first-order valence-electron chi connectivity index (χ1n) is 10.0. The van der Waals surface area contributed by atoms with E-state index in [1.54, 1.807) is 0 Å².